The Kier molecular flexibility index (Phi) is 1.53. The topological polar surface area (TPSA) is 22.1 Å². The Bertz CT molecular complexity index is 517. The Balaban J connectivity index is 2.42. The summed E-state index contributed by atoms with van der Waals surface area (Å²) in [4.78, 5) is 4.36. The first-order valence-electron chi connectivity index (χ1n) is 4.62. The van der Waals surface area contributed by atoms with Gasteiger partial charge in [0.1, 0.15) is 12.4 Å². The maximum Gasteiger partial charge on any atom is 0.129 e. The molecule has 2 aromatic rings. The zero-order valence-electron chi connectivity index (χ0n) is 7.60. The van der Waals surface area contributed by atoms with Crippen LogP contribution in [0, 0.1) is 0 Å². The van der Waals surface area contributed by atoms with Gasteiger partial charge in [0, 0.05) is 17.1 Å². The fourth-order valence-corrected chi connectivity index (χ4v) is 1.74. The van der Waals surface area contributed by atoms with Crippen LogP contribution in [0.4, 0.5) is 0 Å². The van der Waals surface area contributed by atoms with Crippen molar-refractivity contribution in [3.8, 4) is 5.75 Å². The Morgan fingerprint density at radius 3 is 3.21 bits per heavy atom. The summed E-state index contributed by atoms with van der Waals surface area (Å²) >= 11 is 0. The third-order valence-corrected chi connectivity index (χ3v) is 2.39. The predicted octanol–water partition coefficient (Wildman–Crippen LogP) is 2.64. The van der Waals surface area contributed by atoms with Crippen LogP contribution in [0.15, 0.2) is 36.5 Å². The Morgan fingerprint density at radius 1 is 1.21 bits per heavy atom. The van der Waals surface area contributed by atoms with E-state index >= 15 is 0 Å². The van der Waals surface area contributed by atoms with E-state index in [2.05, 4.69) is 17.1 Å². The van der Waals surface area contributed by atoms with E-state index in [9.17, 15) is 0 Å². The summed E-state index contributed by atoms with van der Waals surface area (Å²) in [7, 11) is 0. The number of pyridine rings is 1. The third kappa shape index (κ3) is 1.01. The van der Waals surface area contributed by atoms with Gasteiger partial charge in [0.05, 0.1) is 5.52 Å². The van der Waals surface area contributed by atoms with Gasteiger partial charge < -0.3 is 4.74 Å². The molecule has 68 valence electrons. The molecule has 0 unspecified atom stereocenters. The second-order valence-corrected chi connectivity index (χ2v) is 3.27. The summed E-state index contributed by atoms with van der Waals surface area (Å²) in [5.74, 6) is 0.929. The summed E-state index contributed by atoms with van der Waals surface area (Å²) in [5, 5.41) is 1.15. The fourth-order valence-electron chi connectivity index (χ4n) is 1.74. The highest BCUT2D eigenvalue weighted by molar-refractivity contribution is 5.90. The van der Waals surface area contributed by atoms with E-state index in [1.165, 1.54) is 0 Å². The van der Waals surface area contributed by atoms with E-state index in [1.54, 1.807) is 0 Å². The molecule has 0 bridgehead atoms. The monoisotopic (exact) mass is 183 g/mol. The molecule has 1 aromatic carbocycles. The first kappa shape index (κ1) is 7.56. The van der Waals surface area contributed by atoms with Crippen LogP contribution in [-0.2, 0) is 0 Å². The number of ether oxygens (including phenoxy) is 1. The molecule has 0 saturated carbocycles. The number of hydrogen-bond acceptors (Lipinski definition) is 2. The van der Waals surface area contributed by atoms with Gasteiger partial charge in [0.2, 0.25) is 0 Å². The molecule has 0 spiro atoms. The molecule has 0 fully saturated rings. The van der Waals surface area contributed by atoms with Crippen LogP contribution >= 0.6 is 0 Å². The number of fused-ring (bicyclic) bond motifs is 3. The molecule has 3 rings (SSSR count). The Hall–Kier alpha value is -1.83. The van der Waals surface area contributed by atoms with Crippen molar-refractivity contribution < 1.29 is 4.74 Å². The summed E-state index contributed by atoms with van der Waals surface area (Å²) < 4.78 is 5.50. The summed E-state index contributed by atoms with van der Waals surface area (Å²) in [6.45, 7) is 0.658. The summed E-state index contributed by atoms with van der Waals surface area (Å²) in [5.41, 5.74) is 2.11. The van der Waals surface area contributed by atoms with Gasteiger partial charge in [-0.1, -0.05) is 6.07 Å². The van der Waals surface area contributed by atoms with E-state index < -0.39 is 0 Å². The fraction of sp³-hybridized carbons (Fsp3) is 0.0833. The predicted molar refractivity (Wildman–Crippen MR) is 56.3 cm³/mol. The average molecular weight is 183 g/mol. The van der Waals surface area contributed by atoms with Crippen LogP contribution in [0.1, 0.15) is 5.56 Å². The van der Waals surface area contributed by atoms with Crippen LogP contribution < -0.4 is 4.74 Å². The normalized spacial score (nSPS) is 13.7. The molecule has 1 aliphatic heterocycles. The lowest BCUT2D eigenvalue weighted by molar-refractivity contribution is 0.359. The molecule has 0 amide bonds. The highest BCUT2D eigenvalue weighted by Crippen LogP contribution is 2.29. The molecule has 2 heterocycles. The van der Waals surface area contributed by atoms with Crippen molar-refractivity contribution in [3.63, 3.8) is 0 Å². The number of hydrogen-bond donors (Lipinski definition) is 0. The molecule has 0 atom stereocenters. The molecule has 2 nitrogen and oxygen atoms in total. The van der Waals surface area contributed by atoms with Gasteiger partial charge in [0.15, 0.2) is 0 Å². The minimum atomic E-state index is 0.658. The lowest BCUT2D eigenvalue weighted by Gasteiger charge is -2.13. The van der Waals surface area contributed by atoms with E-state index in [0.717, 1.165) is 22.2 Å². The third-order valence-electron chi connectivity index (χ3n) is 2.39. The van der Waals surface area contributed by atoms with Gasteiger partial charge in [0.25, 0.3) is 0 Å². The van der Waals surface area contributed by atoms with Gasteiger partial charge in [-0.25, -0.2) is 0 Å². The minimum absolute atomic E-state index is 0.658. The SMILES string of the molecule is C1=Cc2c(ccc3cccnc23)OC1. The van der Waals surface area contributed by atoms with Crippen molar-refractivity contribution in [2.24, 2.45) is 0 Å². The number of aromatic nitrogens is 1. The Morgan fingerprint density at radius 2 is 2.21 bits per heavy atom. The Labute approximate surface area is 81.8 Å². The smallest absolute Gasteiger partial charge is 0.129 e. The average Bonchev–Trinajstić information content (AvgIpc) is 2.29. The first-order chi connectivity index (χ1) is 6.95. The van der Waals surface area contributed by atoms with E-state index in [1.807, 2.05) is 30.5 Å². The summed E-state index contributed by atoms with van der Waals surface area (Å²) in [6, 6.07) is 8.05. The standard InChI is InChI=1S/C12H9NO/c1-3-9-5-6-11-10(4-2-8-14-11)12(9)13-7-1/h1-7H,8H2. The van der Waals surface area contributed by atoms with Gasteiger partial charge in [-0.15, -0.1) is 0 Å². The van der Waals surface area contributed by atoms with Crippen molar-refractivity contribution in [1.29, 1.82) is 0 Å². The van der Waals surface area contributed by atoms with Crippen LogP contribution in [0.2, 0.25) is 0 Å². The van der Waals surface area contributed by atoms with E-state index in [4.69, 9.17) is 4.74 Å². The molecule has 0 radical (unpaired) electrons. The zero-order chi connectivity index (χ0) is 9.38. The molecule has 1 aromatic heterocycles. The molecular weight excluding hydrogens is 174 g/mol. The highest BCUT2D eigenvalue weighted by atomic mass is 16.5. The molecule has 0 N–H and O–H groups in total. The lowest BCUT2D eigenvalue weighted by Crippen LogP contribution is -2.00. The van der Waals surface area contributed by atoms with Crippen LogP contribution in [-0.4, -0.2) is 11.6 Å². The minimum Gasteiger partial charge on any atom is -0.489 e. The first-order valence-corrected chi connectivity index (χ1v) is 4.62. The van der Waals surface area contributed by atoms with Gasteiger partial charge in [-0.05, 0) is 30.4 Å². The number of benzene rings is 1. The number of nitrogens with zero attached hydrogens (tertiary/aromatic N) is 1. The van der Waals surface area contributed by atoms with E-state index in [0.29, 0.717) is 6.61 Å². The maximum absolute atomic E-state index is 5.50. The number of rotatable bonds is 0. The lowest BCUT2D eigenvalue weighted by atomic mass is 10.1. The molecular formula is C12H9NO. The van der Waals surface area contributed by atoms with Crippen molar-refractivity contribution in [2.75, 3.05) is 6.61 Å². The van der Waals surface area contributed by atoms with Gasteiger partial charge >= 0.3 is 0 Å². The van der Waals surface area contributed by atoms with Crippen molar-refractivity contribution in [2.45, 2.75) is 0 Å². The molecule has 14 heavy (non-hydrogen) atoms. The molecule has 2 heteroatoms. The van der Waals surface area contributed by atoms with Gasteiger partial charge in [-0.2, -0.15) is 0 Å². The maximum atomic E-state index is 5.50. The van der Waals surface area contributed by atoms with E-state index in [-0.39, 0.29) is 0 Å². The van der Waals surface area contributed by atoms with Crippen LogP contribution in [0.3, 0.4) is 0 Å². The molecule has 1 aliphatic rings. The quantitative estimate of drug-likeness (QED) is 0.626. The van der Waals surface area contributed by atoms with Crippen LogP contribution in [0.25, 0.3) is 17.0 Å². The summed E-state index contributed by atoms with van der Waals surface area (Å²) in [6.07, 6.45) is 5.90. The van der Waals surface area contributed by atoms with Gasteiger partial charge in [-0.3, -0.25) is 4.98 Å². The van der Waals surface area contributed by atoms with Crippen LogP contribution in [0.5, 0.6) is 5.75 Å². The molecule has 0 saturated heterocycles. The highest BCUT2D eigenvalue weighted by Gasteiger charge is 2.09. The molecule has 0 aliphatic carbocycles. The second kappa shape index (κ2) is 2.84. The van der Waals surface area contributed by atoms with Crippen molar-refractivity contribution in [1.82, 2.24) is 4.98 Å². The zero-order valence-corrected chi connectivity index (χ0v) is 7.60. The largest absolute Gasteiger partial charge is 0.489 e. The van der Waals surface area contributed by atoms with Crippen molar-refractivity contribution in [3.05, 3.63) is 42.1 Å². The second-order valence-electron chi connectivity index (χ2n) is 3.27. The van der Waals surface area contributed by atoms with Crippen molar-refractivity contribution >= 4 is 17.0 Å².